The number of nitrogens with two attached hydrogens (primary N) is 1. The number of carbonyl (C=O) groups excluding carboxylic acids is 1. The number of likely N-dealkylation sites (tertiary alicyclic amines) is 1. The number of piperidine rings is 1. The molecule has 2 rings (SSSR count). The molecule has 1 aromatic carbocycles. The van der Waals surface area contributed by atoms with Gasteiger partial charge in [-0.2, -0.15) is 0 Å². The van der Waals surface area contributed by atoms with Crippen LogP contribution in [0.25, 0.3) is 0 Å². The first-order valence-corrected chi connectivity index (χ1v) is 8.07. The van der Waals surface area contributed by atoms with Gasteiger partial charge in [0.1, 0.15) is 5.75 Å². The van der Waals surface area contributed by atoms with E-state index in [0.717, 1.165) is 30.7 Å². The van der Waals surface area contributed by atoms with Crippen molar-refractivity contribution in [3.63, 3.8) is 0 Å². The van der Waals surface area contributed by atoms with E-state index >= 15 is 0 Å². The summed E-state index contributed by atoms with van der Waals surface area (Å²) in [4.78, 5) is 14.5. The predicted molar refractivity (Wildman–Crippen MR) is 87.7 cm³/mol. The molecule has 1 aromatic rings. The molecule has 1 amide bonds. The molecule has 5 heteroatoms. The molecule has 1 aliphatic rings. The van der Waals surface area contributed by atoms with Crippen molar-refractivity contribution in [3.8, 4) is 5.75 Å². The van der Waals surface area contributed by atoms with E-state index in [1.54, 1.807) is 7.11 Å². The summed E-state index contributed by atoms with van der Waals surface area (Å²) in [6.45, 7) is 2.63. The van der Waals surface area contributed by atoms with Crippen LogP contribution in [0, 0.1) is 0 Å². The molecule has 0 bridgehead atoms. The zero-order valence-corrected chi connectivity index (χ0v) is 13.4. The monoisotopic (exact) mass is 305 g/mol. The third-order valence-corrected chi connectivity index (χ3v) is 4.26. The van der Waals surface area contributed by atoms with Gasteiger partial charge in [-0.15, -0.1) is 0 Å². The maximum absolute atomic E-state index is 12.2. The number of nitrogens with one attached hydrogen (secondary N) is 1. The van der Waals surface area contributed by atoms with Crippen molar-refractivity contribution in [1.82, 2.24) is 10.2 Å². The van der Waals surface area contributed by atoms with Crippen LogP contribution in [0.1, 0.15) is 31.2 Å². The predicted octanol–water partition coefficient (Wildman–Crippen LogP) is 1.51. The molecule has 0 spiro atoms. The van der Waals surface area contributed by atoms with Gasteiger partial charge in [0.05, 0.1) is 13.7 Å². The summed E-state index contributed by atoms with van der Waals surface area (Å²) >= 11 is 0. The van der Waals surface area contributed by atoms with E-state index in [1.165, 1.54) is 12.8 Å². The Bertz CT molecular complexity index is 477. The summed E-state index contributed by atoms with van der Waals surface area (Å²) in [6, 6.07) is 8.21. The van der Waals surface area contributed by atoms with Gasteiger partial charge in [-0.3, -0.25) is 9.69 Å². The summed E-state index contributed by atoms with van der Waals surface area (Å²) in [6.07, 6.45) is 4.53. The molecule has 3 N–H and O–H groups in total. The Morgan fingerprint density at radius 2 is 2.23 bits per heavy atom. The average molecular weight is 305 g/mol. The second-order valence-electron chi connectivity index (χ2n) is 5.79. The number of rotatable bonds is 7. The minimum atomic E-state index is 0.0647. The van der Waals surface area contributed by atoms with Gasteiger partial charge in [-0.25, -0.2) is 0 Å². The molecule has 122 valence electrons. The van der Waals surface area contributed by atoms with E-state index in [-0.39, 0.29) is 5.91 Å². The van der Waals surface area contributed by atoms with Crippen molar-refractivity contribution in [2.75, 3.05) is 26.7 Å². The lowest BCUT2D eigenvalue weighted by Gasteiger charge is -2.35. The Morgan fingerprint density at radius 1 is 1.41 bits per heavy atom. The smallest absolute Gasteiger partial charge is 0.234 e. The fourth-order valence-electron chi connectivity index (χ4n) is 3.07. The summed E-state index contributed by atoms with van der Waals surface area (Å²) in [5, 5.41) is 2.99. The standard InChI is InChI=1S/C17H27N3O2/c1-22-16-8-3-2-6-14(16)12-19-17(21)13-20-11-5-4-7-15(20)9-10-18/h2-3,6,8,15H,4-5,7,9-13,18H2,1H3,(H,19,21). The molecular formula is C17H27N3O2. The van der Waals surface area contributed by atoms with Crippen molar-refractivity contribution in [2.24, 2.45) is 5.73 Å². The van der Waals surface area contributed by atoms with Crippen molar-refractivity contribution >= 4 is 5.91 Å². The number of ether oxygens (including phenoxy) is 1. The summed E-state index contributed by atoms with van der Waals surface area (Å²) in [5.74, 6) is 0.872. The highest BCUT2D eigenvalue weighted by molar-refractivity contribution is 5.78. The first kappa shape index (κ1) is 16.8. The quantitative estimate of drug-likeness (QED) is 0.801. The molecule has 5 nitrogen and oxygen atoms in total. The van der Waals surface area contributed by atoms with E-state index in [2.05, 4.69) is 10.2 Å². The van der Waals surface area contributed by atoms with Gasteiger partial charge in [0.15, 0.2) is 0 Å². The number of para-hydroxylation sites is 1. The largest absolute Gasteiger partial charge is 0.496 e. The van der Waals surface area contributed by atoms with Gasteiger partial charge < -0.3 is 15.8 Å². The molecule has 0 saturated carbocycles. The number of hydrogen-bond donors (Lipinski definition) is 2. The van der Waals surface area contributed by atoms with Crippen LogP contribution in [0.3, 0.4) is 0 Å². The maximum atomic E-state index is 12.2. The van der Waals surface area contributed by atoms with Gasteiger partial charge in [-0.1, -0.05) is 24.6 Å². The van der Waals surface area contributed by atoms with Crippen LogP contribution in [0.2, 0.25) is 0 Å². The van der Waals surface area contributed by atoms with Gasteiger partial charge in [-0.05, 0) is 38.4 Å². The van der Waals surface area contributed by atoms with Gasteiger partial charge in [0.25, 0.3) is 0 Å². The van der Waals surface area contributed by atoms with Crippen molar-refractivity contribution in [3.05, 3.63) is 29.8 Å². The number of nitrogens with zero attached hydrogens (tertiary/aromatic N) is 1. The van der Waals surface area contributed by atoms with E-state index in [4.69, 9.17) is 10.5 Å². The van der Waals surface area contributed by atoms with E-state index in [1.807, 2.05) is 24.3 Å². The zero-order valence-electron chi connectivity index (χ0n) is 13.4. The summed E-state index contributed by atoms with van der Waals surface area (Å²) < 4.78 is 5.30. The van der Waals surface area contributed by atoms with Gasteiger partial charge >= 0.3 is 0 Å². The van der Waals surface area contributed by atoms with Crippen LogP contribution < -0.4 is 15.8 Å². The fourth-order valence-corrected chi connectivity index (χ4v) is 3.07. The molecule has 1 unspecified atom stereocenters. The molecule has 1 atom stereocenters. The number of amides is 1. The van der Waals surface area contributed by atoms with Crippen LogP contribution in [-0.2, 0) is 11.3 Å². The highest BCUT2D eigenvalue weighted by Gasteiger charge is 2.23. The van der Waals surface area contributed by atoms with Crippen LogP contribution in [-0.4, -0.2) is 43.6 Å². The van der Waals surface area contributed by atoms with Crippen LogP contribution in [0.15, 0.2) is 24.3 Å². The Balaban J connectivity index is 1.84. The molecule has 1 saturated heterocycles. The lowest BCUT2D eigenvalue weighted by Crippen LogP contribution is -2.46. The Kier molecular flexibility index (Phi) is 6.68. The first-order valence-electron chi connectivity index (χ1n) is 8.07. The lowest BCUT2D eigenvalue weighted by atomic mass is 9.99. The Hall–Kier alpha value is -1.59. The van der Waals surface area contributed by atoms with Crippen LogP contribution in [0.4, 0.5) is 0 Å². The normalized spacial score (nSPS) is 18.9. The Morgan fingerprint density at radius 3 is 3.00 bits per heavy atom. The molecule has 0 radical (unpaired) electrons. The van der Waals surface area contributed by atoms with E-state index in [0.29, 0.717) is 25.7 Å². The van der Waals surface area contributed by atoms with E-state index in [9.17, 15) is 4.79 Å². The second kappa shape index (κ2) is 8.76. The second-order valence-corrected chi connectivity index (χ2v) is 5.79. The average Bonchev–Trinajstić information content (AvgIpc) is 2.55. The third kappa shape index (κ3) is 4.71. The molecule has 0 aromatic heterocycles. The van der Waals surface area contributed by atoms with Crippen molar-refractivity contribution in [1.29, 1.82) is 0 Å². The fraction of sp³-hybridized carbons (Fsp3) is 0.588. The number of carbonyl (C=O) groups is 1. The SMILES string of the molecule is COc1ccccc1CNC(=O)CN1CCCCC1CCN. The van der Waals surface area contributed by atoms with Crippen LogP contribution >= 0.6 is 0 Å². The minimum Gasteiger partial charge on any atom is -0.496 e. The molecule has 22 heavy (non-hydrogen) atoms. The summed E-state index contributed by atoms with van der Waals surface area (Å²) in [5.41, 5.74) is 6.67. The van der Waals surface area contributed by atoms with Crippen LogP contribution in [0.5, 0.6) is 5.75 Å². The highest BCUT2D eigenvalue weighted by atomic mass is 16.5. The molecule has 1 fully saturated rings. The topological polar surface area (TPSA) is 67.6 Å². The maximum Gasteiger partial charge on any atom is 0.234 e. The van der Waals surface area contributed by atoms with Gasteiger partial charge in [0, 0.05) is 18.2 Å². The Labute approximate surface area is 132 Å². The third-order valence-electron chi connectivity index (χ3n) is 4.26. The van der Waals surface area contributed by atoms with Crippen molar-refractivity contribution in [2.45, 2.75) is 38.3 Å². The van der Waals surface area contributed by atoms with Gasteiger partial charge in [0.2, 0.25) is 5.91 Å². The number of benzene rings is 1. The summed E-state index contributed by atoms with van der Waals surface area (Å²) in [7, 11) is 1.64. The molecule has 0 aliphatic carbocycles. The molecular weight excluding hydrogens is 278 g/mol. The number of methoxy groups -OCH3 is 1. The zero-order chi connectivity index (χ0) is 15.8. The van der Waals surface area contributed by atoms with E-state index < -0.39 is 0 Å². The minimum absolute atomic E-state index is 0.0647. The lowest BCUT2D eigenvalue weighted by molar-refractivity contribution is -0.123. The number of hydrogen-bond acceptors (Lipinski definition) is 4. The first-order chi connectivity index (χ1) is 10.7. The molecule has 1 aliphatic heterocycles. The van der Waals surface area contributed by atoms with Crippen molar-refractivity contribution < 1.29 is 9.53 Å². The highest BCUT2D eigenvalue weighted by Crippen LogP contribution is 2.19. The molecule has 1 heterocycles.